The number of rotatable bonds is 5. The van der Waals surface area contributed by atoms with E-state index in [4.69, 9.17) is 19.4 Å². The SMILES string of the molecule is c1ccc(-c2nc(-c3ccc(-c4ccccc4-c4ccccc4)cc3)nc(-n3c4ccccc4c4ccc5c6ccccc6oc5c43)n2)cc1. The van der Waals surface area contributed by atoms with Gasteiger partial charge in [0.25, 0.3) is 0 Å². The number of benzene rings is 7. The molecule has 5 heteroatoms. The molecule has 0 bridgehead atoms. The van der Waals surface area contributed by atoms with Crippen LogP contribution < -0.4 is 0 Å². The first-order chi connectivity index (χ1) is 24.8. The molecule has 0 radical (unpaired) electrons. The summed E-state index contributed by atoms with van der Waals surface area (Å²) in [7, 11) is 0. The fourth-order valence-electron chi connectivity index (χ4n) is 7.15. The lowest BCUT2D eigenvalue weighted by atomic mass is 9.94. The third kappa shape index (κ3) is 4.52. The number of para-hydroxylation sites is 2. The Morgan fingerprint density at radius 2 is 0.900 bits per heavy atom. The van der Waals surface area contributed by atoms with E-state index in [2.05, 4.69) is 120 Å². The van der Waals surface area contributed by atoms with Crippen LogP contribution in [0.5, 0.6) is 0 Å². The molecule has 0 N–H and O–H groups in total. The van der Waals surface area contributed by atoms with E-state index in [1.54, 1.807) is 0 Å². The zero-order valence-corrected chi connectivity index (χ0v) is 26.9. The summed E-state index contributed by atoms with van der Waals surface area (Å²) in [4.78, 5) is 15.4. The number of fused-ring (bicyclic) bond motifs is 7. The summed E-state index contributed by atoms with van der Waals surface area (Å²) >= 11 is 0. The minimum absolute atomic E-state index is 0.534. The zero-order chi connectivity index (χ0) is 33.0. The van der Waals surface area contributed by atoms with Gasteiger partial charge in [0.1, 0.15) is 11.1 Å². The highest BCUT2D eigenvalue weighted by atomic mass is 16.3. The van der Waals surface area contributed by atoms with Gasteiger partial charge in [-0.15, -0.1) is 0 Å². The largest absolute Gasteiger partial charge is 0.454 e. The smallest absolute Gasteiger partial charge is 0.238 e. The summed E-state index contributed by atoms with van der Waals surface area (Å²) in [5, 5.41) is 4.32. The van der Waals surface area contributed by atoms with Crippen LogP contribution in [0, 0.1) is 0 Å². The molecule has 3 heterocycles. The average molecular weight is 641 g/mol. The molecule has 50 heavy (non-hydrogen) atoms. The Balaban J connectivity index is 1.19. The van der Waals surface area contributed by atoms with Gasteiger partial charge in [0.2, 0.25) is 5.95 Å². The van der Waals surface area contributed by atoms with Crippen molar-refractivity contribution in [3.05, 3.63) is 170 Å². The monoisotopic (exact) mass is 640 g/mol. The Kier molecular flexibility index (Phi) is 6.42. The second-order valence-electron chi connectivity index (χ2n) is 12.4. The van der Waals surface area contributed by atoms with Gasteiger partial charge in [-0.05, 0) is 40.5 Å². The fraction of sp³-hybridized carbons (Fsp3) is 0. The maximum Gasteiger partial charge on any atom is 0.238 e. The molecule has 234 valence electrons. The first-order valence-electron chi connectivity index (χ1n) is 16.7. The lowest BCUT2D eigenvalue weighted by molar-refractivity contribution is 0.670. The van der Waals surface area contributed by atoms with Crippen molar-refractivity contribution in [3.63, 3.8) is 0 Å². The van der Waals surface area contributed by atoms with Crippen LogP contribution in [-0.4, -0.2) is 19.5 Å². The van der Waals surface area contributed by atoms with Crippen molar-refractivity contribution < 1.29 is 4.42 Å². The molecule has 10 rings (SSSR count). The first-order valence-corrected chi connectivity index (χ1v) is 16.7. The standard InChI is InChI=1S/C45H28N4O/c1-3-13-29(14-4-1)33-17-7-8-18-34(33)30-23-25-32(26-24-30)44-46-43(31-15-5-2-6-16-31)47-45(48-44)49-39-21-11-9-19-35(39)37-27-28-38-36-20-10-12-22-40(36)50-42(38)41(37)49/h1-28H. The predicted octanol–water partition coefficient (Wildman–Crippen LogP) is 11.5. The van der Waals surface area contributed by atoms with Crippen LogP contribution >= 0.6 is 0 Å². The normalized spacial score (nSPS) is 11.6. The molecule has 0 atom stereocenters. The lowest BCUT2D eigenvalue weighted by Crippen LogP contribution is -2.06. The van der Waals surface area contributed by atoms with Crippen molar-refractivity contribution in [2.75, 3.05) is 0 Å². The maximum atomic E-state index is 6.59. The van der Waals surface area contributed by atoms with E-state index >= 15 is 0 Å². The summed E-state index contributed by atoms with van der Waals surface area (Å²) in [6.45, 7) is 0. The van der Waals surface area contributed by atoms with Crippen molar-refractivity contribution in [2.24, 2.45) is 0 Å². The van der Waals surface area contributed by atoms with Gasteiger partial charge in [0, 0.05) is 32.7 Å². The molecule has 5 nitrogen and oxygen atoms in total. The molecule has 0 spiro atoms. The Hall–Kier alpha value is -6.85. The zero-order valence-electron chi connectivity index (χ0n) is 26.9. The van der Waals surface area contributed by atoms with Crippen molar-refractivity contribution in [3.8, 4) is 51.0 Å². The molecule has 7 aromatic carbocycles. The van der Waals surface area contributed by atoms with Crippen molar-refractivity contribution in [2.45, 2.75) is 0 Å². The van der Waals surface area contributed by atoms with E-state index in [0.717, 1.165) is 60.4 Å². The van der Waals surface area contributed by atoms with Gasteiger partial charge >= 0.3 is 0 Å². The second kappa shape index (κ2) is 11.4. The van der Waals surface area contributed by atoms with E-state index < -0.39 is 0 Å². The summed E-state index contributed by atoms with van der Waals surface area (Å²) < 4.78 is 8.73. The number of furan rings is 1. The molecule has 0 amide bonds. The molecule has 0 aliphatic rings. The molecule has 3 aromatic heterocycles. The van der Waals surface area contributed by atoms with Gasteiger partial charge in [-0.1, -0.05) is 152 Å². The van der Waals surface area contributed by atoms with Crippen LogP contribution in [0.4, 0.5) is 0 Å². The van der Waals surface area contributed by atoms with E-state index in [1.165, 1.54) is 16.7 Å². The Morgan fingerprint density at radius 3 is 1.62 bits per heavy atom. The van der Waals surface area contributed by atoms with Crippen LogP contribution in [-0.2, 0) is 0 Å². The highest BCUT2D eigenvalue weighted by molar-refractivity contribution is 6.21. The number of hydrogen-bond donors (Lipinski definition) is 0. The van der Waals surface area contributed by atoms with Crippen molar-refractivity contribution >= 4 is 43.7 Å². The molecule has 10 aromatic rings. The first kappa shape index (κ1) is 28.2. The Labute approximate surface area is 287 Å². The summed E-state index contributed by atoms with van der Waals surface area (Å²) in [5.74, 6) is 1.73. The maximum absolute atomic E-state index is 6.59. The molecule has 0 aliphatic heterocycles. The summed E-state index contributed by atoms with van der Waals surface area (Å²) in [6, 6.07) is 58.6. The number of aromatic nitrogens is 4. The van der Waals surface area contributed by atoms with Gasteiger partial charge < -0.3 is 4.42 Å². The molecule has 0 saturated heterocycles. The molecule has 0 aliphatic carbocycles. The van der Waals surface area contributed by atoms with Crippen LogP contribution in [0.1, 0.15) is 0 Å². The molecule has 0 fully saturated rings. The lowest BCUT2D eigenvalue weighted by Gasteiger charge is -2.12. The third-order valence-electron chi connectivity index (χ3n) is 9.50. The molecule has 0 saturated carbocycles. The molecular weight excluding hydrogens is 613 g/mol. The van der Waals surface area contributed by atoms with Crippen LogP contribution in [0.15, 0.2) is 174 Å². The molecule has 0 unspecified atom stereocenters. The number of nitrogens with zero attached hydrogens (tertiary/aromatic N) is 4. The predicted molar refractivity (Wildman–Crippen MR) is 203 cm³/mol. The fourth-order valence-corrected chi connectivity index (χ4v) is 7.15. The van der Waals surface area contributed by atoms with E-state index in [0.29, 0.717) is 17.6 Å². The van der Waals surface area contributed by atoms with E-state index in [9.17, 15) is 0 Å². The van der Waals surface area contributed by atoms with E-state index in [-0.39, 0.29) is 0 Å². The topological polar surface area (TPSA) is 56.7 Å². The Morgan fingerprint density at radius 1 is 0.380 bits per heavy atom. The number of hydrogen-bond acceptors (Lipinski definition) is 4. The van der Waals surface area contributed by atoms with Crippen LogP contribution in [0.2, 0.25) is 0 Å². The van der Waals surface area contributed by atoms with Gasteiger partial charge in [0.05, 0.1) is 5.52 Å². The van der Waals surface area contributed by atoms with Gasteiger partial charge in [-0.25, -0.2) is 4.98 Å². The van der Waals surface area contributed by atoms with Crippen LogP contribution in [0.25, 0.3) is 94.7 Å². The van der Waals surface area contributed by atoms with E-state index in [1.807, 2.05) is 54.6 Å². The van der Waals surface area contributed by atoms with Crippen molar-refractivity contribution in [1.82, 2.24) is 19.5 Å². The van der Waals surface area contributed by atoms with Gasteiger partial charge in [0.15, 0.2) is 17.2 Å². The quantitative estimate of drug-likeness (QED) is 0.188. The van der Waals surface area contributed by atoms with Gasteiger partial charge in [-0.3, -0.25) is 4.57 Å². The minimum atomic E-state index is 0.534. The average Bonchev–Trinajstić information content (AvgIpc) is 3.75. The highest BCUT2D eigenvalue weighted by Gasteiger charge is 2.22. The molecular formula is C45H28N4O. The minimum Gasteiger partial charge on any atom is -0.454 e. The summed E-state index contributed by atoms with van der Waals surface area (Å²) in [6.07, 6.45) is 0. The summed E-state index contributed by atoms with van der Waals surface area (Å²) in [5.41, 5.74) is 10.1. The third-order valence-corrected chi connectivity index (χ3v) is 9.50. The highest BCUT2D eigenvalue weighted by Crippen LogP contribution is 2.40. The van der Waals surface area contributed by atoms with Gasteiger partial charge in [-0.2, -0.15) is 9.97 Å². The Bertz CT molecular complexity index is 2850. The van der Waals surface area contributed by atoms with Crippen molar-refractivity contribution in [1.29, 1.82) is 0 Å². The second-order valence-corrected chi connectivity index (χ2v) is 12.4. The van der Waals surface area contributed by atoms with Crippen LogP contribution in [0.3, 0.4) is 0 Å².